The summed E-state index contributed by atoms with van der Waals surface area (Å²) < 4.78 is 5.16. The van der Waals surface area contributed by atoms with Crippen LogP contribution in [0.5, 0.6) is 0 Å². The van der Waals surface area contributed by atoms with Gasteiger partial charge in [-0.15, -0.1) is 0 Å². The third-order valence-electron chi connectivity index (χ3n) is 2.47. The van der Waals surface area contributed by atoms with Gasteiger partial charge < -0.3 is 4.74 Å². The molecule has 1 heterocycles. The summed E-state index contributed by atoms with van der Waals surface area (Å²) in [6, 6.07) is 9.65. The second kappa shape index (κ2) is 4.42. The molecule has 15 heavy (non-hydrogen) atoms. The number of rotatable bonds is 3. The first-order chi connectivity index (χ1) is 7.25. The highest BCUT2D eigenvalue weighted by Crippen LogP contribution is 2.13. The number of benzene rings is 1. The predicted molar refractivity (Wildman–Crippen MR) is 55.5 cm³/mol. The van der Waals surface area contributed by atoms with Crippen LogP contribution in [-0.4, -0.2) is 24.1 Å². The van der Waals surface area contributed by atoms with Gasteiger partial charge in [-0.1, -0.05) is 30.3 Å². The van der Waals surface area contributed by atoms with Gasteiger partial charge in [0.15, 0.2) is 0 Å². The molecule has 0 bridgehead atoms. The third kappa shape index (κ3) is 2.55. The Balaban J connectivity index is 1.76. The number of nitrogens with zero attached hydrogens (tertiary/aromatic N) is 1. The largest absolute Gasteiger partial charge is 0.461 e. The van der Waals surface area contributed by atoms with Crippen LogP contribution in [0.15, 0.2) is 30.3 Å². The molecule has 1 aromatic rings. The minimum atomic E-state index is -0.152. The fraction of sp³-hybridized carbons (Fsp3) is 0.364. The van der Waals surface area contributed by atoms with E-state index in [-0.39, 0.29) is 11.9 Å². The third-order valence-corrected chi connectivity index (χ3v) is 2.47. The van der Waals surface area contributed by atoms with Crippen LogP contribution in [0.1, 0.15) is 5.56 Å². The van der Waals surface area contributed by atoms with E-state index in [2.05, 4.69) is 0 Å². The van der Waals surface area contributed by atoms with E-state index in [9.17, 15) is 4.79 Å². The first-order valence-corrected chi connectivity index (χ1v) is 4.96. The molecule has 1 aliphatic rings. The zero-order chi connectivity index (χ0) is 10.7. The van der Waals surface area contributed by atoms with Crippen LogP contribution in [-0.2, 0) is 16.1 Å². The van der Waals surface area contributed by atoms with Crippen LogP contribution in [0.2, 0.25) is 0 Å². The Hall–Kier alpha value is -1.39. The molecule has 4 heteroatoms. The standard InChI is InChI=1S/C11H14N2O2/c12-13-6-10(7-13)11(14)15-8-9-4-2-1-3-5-9/h1-5,10H,6-8,12H2. The Morgan fingerprint density at radius 1 is 1.40 bits per heavy atom. The Bertz CT molecular complexity index is 334. The van der Waals surface area contributed by atoms with E-state index in [4.69, 9.17) is 10.6 Å². The molecule has 1 fully saturated rings. The number of hydrogen-bond donors (Lipinski definition) is 1. The minimum Gasteiger partial charge on any atom is -0.461 e. The van der Waals surface area contributed by atoms with Gasteiger partial charge in [-0.3, -0.25) is 10.6 Å². The molecule has 2 N–H and O–H groups in total. The lowest BCUT2D eigenvalue weighted by Gasteiger charge is -2.33. The zero-order valence-electron chi connectivity index (χ0n) is 8.43. The van der Waals surface area contributed by atoms with Gasteiger partial charge in [0.2, 0.25) is 0 Å². The monoisotopic (exact) mass is 206 g/mol. The van der Waals surface area contributed by atoms with Crippen molar-refractivity contribution in [3.63, 3.8) is 0 Å². The molecule has 0 spiro atoms. The second-order valence-corrected chi connectivity index (χ2v) is 3.74. The molecule has 1 aliphatic heterocycles. The van der Waals surface area contributed by atoms with Crippen molar-refractivity contribution >= 4 is 5.97 Å². The number of esters is 1. The molecule has 0 unspecified atom stereocenters. The van der Waals surface area contributed by atoms with Crippen LogP contribution >= 0.6 is 0 Å². The smallest absolute Gasteiger partial charge is 0.311 e. The summed E-state index contributed by atoms with van der Waals surface area (Å²) in [6.45, 7) is 1.56. The molecule has 1 saturated heterocycles. The van der Waals surface area contributed by atoms with E-state index in [0.717, 1.165) is 5.56 Å². The Kier molecular flexibility index (Phi) is 2.99. The number of hydrogen-bond acceptors (Lipinski definition) is 4. The average Bonchev–Trinajstić information content (AvgIpc) is 2.23. The maximum absolute atomic E-state index is 11.4. The van der Waals surface area contributed by atoms with Crippen molar-refractivity contribution in [2.24, 2.45) is 11.8 Å². The summed E-state index contributed by atoms with van der Waals surface area (Å²) in [6.07, 6.45) is 0. The van der Waals surface area contributed by atoms with E-state index >= 15 is 0 Å². The lowest BCUT2D eigenvalue weighted by Crippen LogP contribution is -2.54. The van der Waals surface area contributed by atoms with Crippen molar-refractivity contribution in [2.45, 2.75) is 6.61 Å². The zero-order valence-corrected chi connectivity index (χ0v) is 8.43. The molecule has 1 aromatic carbocycles. The van der Waals surface area contributed by atoms with Gasteiger partial charge in [0.25, 0.3) is 0 Å². The molecule has 0 saturated carbocycles. The number of ether oxygens (including phenoxy) is 1. The van der Waals surface area contributed by atoms with E-state index in [1.54, 1.807) is 5.01 Å². The number of carbonyl (C=O) groups is 1. The summed E-state index contributed by atoms with van der Waals surface area (Å²) in [7, 11) is 0. The van der Waals surface area contributed by atoms with Gasteiger partial charge in [0.1, 0.15) is 6.61 Å². The van der Waals surface area contributed by atoms with Crippen LogP contribution in [0.25, 0.3) is 0 Å². The summed E-state index contributed by atoms with van der Waals surface area (Å²) in [5.41, 5.74) is 1.01. The lowest BCUT2D eigenvalue weighted by atomic mass is 10.0. The highest BCUT2D eigenvalue weighted by Gasteiger charge is 2.31. The van der Waals surface area contributed by atoms with Crippen molar-refractivity contribution in [1.82, 2.24) is 5.01 Å². The highest BCUT2D eigenvalue weighted by atomic mass is 16.5. The van der Waals surface area contributed by atoms with E-state index < -0.39 is 0 Å². The van der Waals surface area contributed by atoms with Crippen molar-refractivity contribution in [3.05, 3.63) is 35.9 Å². The summed E-state index contributed by atoms with van der Waals surface area (Å²) >= 11 is 0. The molecule has 4 nitrogen and oxygen atoms in total. The van der Waals surface area contributed by atoms with Crippen LogP contribution in [0, 0.1) is 5.92 Å². The average molecular weight is 206 g/mol. The van der Waals surface area contributed by atoms with Crippen molar-refractivity contribution in [1.29, 1.82) is 0 Å². The van der Waals surface area contributed by atoms with Gasteiger partial charge >= 0.3 is 5.97 Å². The molecular weight excluding hydrogens is 192 g/mol. The predicted octanol–water partition coefficient (Wildman–Crippen LogP) is 0.535. The molecular formula is C11H14N2O2. The summed E-state index contributed by atoms with van der Waals surface area (Å²) in [4.78, 5) is 11.4. The SMILES string of the molecule is NN1CC(C(=O)OCc2ccccc2)C1. The fourth-order valence-electron chi connectivity index (χ4n) is 1.51. The highest BCUT2D eigenvalue weighted by molar-refractivity contribution is 5.73. The number of nitrogens with two attached hydrogens (primary N) is 1. The lowest BCUT2D eigenvalue weighted by molar-refractivity contribution is -0.156. The van der Waals surface area contributed by atoms with Gasteiger partial charge in [0.05, 0.1) is 5.92 Å². The second-order valence-electron chi connectivity index (χ2n) is 3.74. The molecule has 0 aromatic heterocycles. The van der Waals surface area contributed by atoms with Crippen molar-refractivity contribution < 1.29 is 9.53 Å². The number of carbonyl (C=O) groups excluding carboxylic acids is 1. The van der Waals surface area contributed by atoms with Gasteiger partial charge in [-0.25, -0.2) is 5.01 Å². The normalized spacial score (nSPS) is 17.1. The first kappa shape index (κ1) is 10.1. The number of hydrazine groups is 1. The van der Waals surface area contributed by atoms with Crippen LogP contribution in [0.3, 0.4) is 0 Å². The summed E-state index contributed by atoms with van der Waals surface area (Å²) in [5, 5.41) is 1.61. The first-order valence-electron chi connectivity index (χ1n) is 4.96. The molecule has 0 amide bonds. The van der Waals surface area contributed by atoms with Crippen molar-refractivity contribution in [2.75, 3.05) is 13.1 Å². The molecule has 0 aliphatic carbocycles. The summed E-state index contributed by atoms with van der Waals surface area (Å²) in [5.74, 6) is 5.24. The van der Waals surface area contributed by atoms with E-state index in [1.165, 1.54) is 0 Å². The molecule has 2 rings (SSSR count). The van der Waals surface area contributed by atoms with Gasteiger partial charge in [0, 0.05) is 13.1 Å². The Morgan fingerprint density at radius 3 is 2.67 bits per heavy atom. The van der Waals surface area contributed by atoms with Gasteiger partial charge in [-0.05, 0) is 5.56 Å². The fourth-order valence-corrected chi connectivity index (χ4v) is 1.51. The van der Waals surface area contributed by atoms with Crippen molar-refractivity contribution in [3.8, 4) is 0 Å². The maximum atomic E-state index is 11.4. The maximum Gasteiger partial charge on any atom is 0.311 e. The van der Waals surface area contributed by atoms with Crippen LogP contribution in [0.4, 0.5) is 0 Å². The quantitative estimate of drug-likeness (QED) is 0.579. The topological polar surface area (TPSA) is 55.6 Å². The van der Waals surface area contributed by atoms with E-state index in [0.29, 0.717) is 19.7 Å². The minimum absolute atomic E-state index is 0.0429. The van der Waals surface area contributed by atoms with Gasteiger partial charge in [-0.2, -0.15) is 0 Å². The Labute approximate surface area is 88.6 Å². The van der Waals surface area contributed by atoms with Crippen LogP contribution < -0.4 is 5.84 Å². The molecule has 0 radical (unpaired) electrons. The molecule has 0 atom stereocenters. The molecule has 80 valence electrons. The van der Waals surface area contributed by atoms with E-state index in [1.807, 2.05) is 30.3 Å². The Morgan fingerprint density at radius 2 is 2.07 bits per heavy atom.